The Balaban J connectivity index is 2.40. The van der Waals surface area contributed by atoms with Crippen LogP contribution in [0.2, 0.25) is 0 Å². The molecule has 2 nitrogen and oxygen atoms in total. The van der Waals surface area contributed by atoms with Gasteiger partial charge in [-0.2, -0.15) is 0 Å². The molecule has 0 spiro atoms. The van der Waals surface area contributed by atoms with Gasteiger partial charge in [0.05, 0.1) is 5.56 Å². The number of hydrogen-bond acceptors (Lipinski definition) is 2. The molecule has 0 bridgehead atoms. The van der Waals surface area contributed by atoms with Crippen molar-refractivity contribution in [3.63, 3.8) is 0 Å². The summed E-state index contributed by atoms with van der Waals surface area (Å²) in [6.45, 7) is 0.769. The molecular formula is C16H15BrFNO. The molecule has 0 aliphatic heterocycles. The van der Waals surface area contributed by atoms with E-state index in [0.717, 1.165) is 18.5 Å². The molecule has 0 atom stereocenters. The standard InChI is InChI=1S/C16H15BrFNO/c1-19-9-8-11-4-2-3-5-13(11)16(20)14-10-12(17)6-7-15(14)18/h2-7,10,19H,8-9H2,1H3. The second-order valence-electron chi connectivity index (χ2n) is 4.46. The molecule has 0 saturated carbocycles. The number of carbonyl (C=O) groups excluding carboxylic acids is 1. The lowest BCUT2D eigenvalue weighted by Gasteiger charge is -2.09. The minimum atomic E-state index is -0.499. The van der Waals surface area contributed by atoms with Gasteiger partial charge in [-0.05, 0) is 43.8 Å². The maximum atomic E-state index is 13.8. The first-order valence-corrected chi connectivity index (χ1v) is 7.15. The molecule has 0 aromatic heterocycles. The average Bonchev–Trinajstić information content (AvgIpc) is 2.47. The number of nitrogens with one attached hydrogen (secondary N) is 1. The minimum Gasteiger partial charge on any atom is -0.319 e. The molecule has 0 fully saturated rings. The highest BCUT2D eigenvalue weighted by molar-refractivity contribution is 9.10. The van der Waals surface area contributed by atoms with Crippen molar-refractivity contribution in [3.8, 4) is 0 Å². The molecule has 0 aliphatic rings. The second kappa shape index (κ2) is 6.77. The Hall–Kier alpha value is -1.52. The van der Waals surface area contributed by atoms with Crippen LogP contribution >= 0.6 is 15.9 Å². The zero-order valence-corrected chi connectivity index (χ0v) is 12.7. The Morgan fingerprint density at radius 3 is 2.70 bits per heavy atom. The van der Waals surface area contributed by atoms with Gasteiger partial charge in [-0.15, -0.1) is 0 Å². The number of hydrogen-bond donors (Lipinski definition) is 1. The van der Waals surface area contributed by atoms with Gasteiger partial charge in [0.1, 0.15) is 5.82 Å². The Kier molecular flexibility index (Phi) is 5.04. The highest BCUT2D eigenvalue weighted by Gasteiger charge is 2.17. The highest BCUT2D eigenvalue weighted by atomic mass is 79.9. The summed E-state index contributed by atoms with van der Waals surface area (Å²) in [6, 6.07) is 11.7. The van der Waals surface area contributed by atoms with Crippen molar-refractivity contribution in [2.75, 3.05) is 13.6 Å². The first-order valence-electron chi connectivity index (χ1n) is 6.35. The van der Waals surface area contributed by atoms with Crippen molar-refractivity contribution in [2.24, 2.45) is 0 Å². The Labute approximate surface area is 126 Å². The maximum absolute atomic E-state index is 13.8. The van der Waals surface area contributed by atoms with Crippen LogP contribution in [-0.4, -0.2) is 19.4 Å². The Bertz CT molecular complexity index is 628. The predicted molar refractivity (Wildman–Crippen MR) is 81.6 cm³/mol. The number of carbonyl (C=O) groups is 1. The van der Waals surface area contributed by atoms with Gasteiger partial charge in [0.2, 0.25) is 0 Å². The van der Waals surface area contributed by atoms with Crippen LogP contribution < -0.4 is 5.32 Å². The van der Waals surface area contributed by atoms with Gasteiger partial charge in [-0.25, -0.2) is 4.39 Å². The van der Waals surface area contributed by atoms with Crippen LogP contribution in [0.1, 0.15) is 21.5 Å². The molecule has 4 heteroatoms. The Morgan fingerprint density at radius 1 is 1.20 bits per heavy atom. The van der Waals surface area contributed by atoms with Gasteiger partial charge in [-0.3, -0.25) is 4.79 Å². The topological polar surface area (TPSA) is 29.1 Å². The maximum Gasteiger partial charge on any atom is 0.196 e. The summed E-state index contributed by atoms with van der Waals surface area (Å²) in [7, 11) is 1.86. The fourth-order valence-electron chi connectivity index (χ4n) is 2.04. The van der Waals surface area contributed by atoms with E-state index in [2.05, 4.69) is 21.2 Å². The quantitative estimate of drug-likeness (QED) is 0.846. The summed E-state index contributed by atoms with van der Waals surface area (Å²) in [5.74, 6) is -0.780. The lowest BCUT2D eigenvalue weighted by atomic mass is 9.96. The predicted octanol–water partition coefficient (Wildman–Crippen LogP) is 3.58. The second-order valence-corrected chi connectivity index (χ2v) is 5.38. The van der Waals surface area contributed by atoms with Crippen molar-refractivity contribution < 1.29 is 9.18 Å². The minimum absolute atomic E-state index is 0.0938. The van der Waals surface area contributed by atoms with Crippen LogP contribution in [0.5, 0.6) is 0 Å². The van der Waals surface area contributed by atoms with E-state index in [1.165, 1.54) is 12.1 Å². The number of halogens is 2. The first kappa shape index (κ1) is 14.9. The fourth-order valence-corrected chi connectivity index (χ4v) is 2.40. The lowest BCUT2D eigenvalue weighted by Crippen LogP contribution is -2.14. The summed E-state index contributed by atoms with van der Waals surface area (Å²) in [5, 5.41) is 3.05. The number of benzene rings is 2. The normalized spacial score (nSPS) is 10.6. The molecule has 2 aromatic carbocycles. The molecule has 1 N–H and O–H groups in total. The average molecular weight is 336 g/mol. The van der Waals surface area contributed by atoms with Crippen molar-refractivity contribution in [1.29, 1.82) is 0 Å². The third kappa shape index (κ3) is 3.32. The molecule has 0 radical (unpaired) electrons. The molecular weight excluding hydrogens is 321 g/mol. The van der Waals surface area contributed by atoms with Crippen molar-refractivity contribution in [1.82, 2.24) is 5.32 Å². The van der Waals surface area contributed by atoms with Crippen molar-refractivity contribution in [2.45, 2.75) is 6.42 Å². The molecule has 104 valence electrons. The van der Waals surface area contributed by atoms with E-state index >= 15 is 0 Å². The van der Waals surface area contributed by atoms with E-state index < -0.39 is 5.82 Å². The van der Waals surface area contributed by atoms with Gasteiger partial charge < -0.3 is 5.32 Å². The third-order valence-corrected chi connectivity index (χ3v) is 3.57. The Morgan fingerprint density at radius 2 is 1.95 bits per heavy atom. The molecule has 0 unspecified atom stereocenters. The molecule has 0 aliphatic carbocycles. The molecule has 20 heavy (non-hydrogen) atoms. The molecule has 0 heterocycles. The van der Waals surface area contributed by atoms with E-state index in [9.17, 15) is 9.18 Å². The van der Waals surface area contributed by atoms with Gasteiger partial charge in [-0.1, -0.05) is 40.2 Å². The van der Waals surface area contributed by atoms with E-state index in [1.54, 1.807) is 18.2 Å². The molecule has 2 rings (SSSR count). The van der Waals surface area contributed by atoms with Crippen molar-refractivity contribution >= 4 is 21.7 Å². The van der Waals surface area contributed by atoms with Crippen LogP contribution in [0.25, 0.3) is 0 Å². The smallest absolute Gasteiger partial charge is 0.196 e. The summed E-state index contributed by atoms with van der Waals surface area (Å²) in [4.78, 5) is 12.5. The molecule has 0 saturated heterocycles. The van der Waals surface area contributed by atoms with Crippen LogP contribution in [0.4, 0.5) is 4.39 Å². The fraction of sp³-hybridized carbons (Fsp3) is 0.188. The summed E-state index contributed by atoms with van der Waals surface area (Å²) in [6.07, 6.45) is 0.730. The van der Waals surface area contributed by atoms with Crippen molar-refractivity contribution in [3.05, 3.63) is 69.4 Å². The van der Waals surface area contributed by atoms with E-state index in [1.807, 2.05) is 19.2 Å². The van der Waals surface area contributed by atoms with Crippen LogP contribution in [0.15, 0.2) is 46.9 Å². The number of likely N-dealkylation sites (N-methyl/N-ethyl adjacent to an activating group) is 1. The largest absolute Gasteiger partial charge is 0.319 e. The first-order chi connectivity index (χ1) is 9.63. The molecule has 0 amide bonds. The molecule has 2 aromatic rings. The van der Waals surface area contributed by atoms with Crippen LogP contribution in [-0.2, 0) is 6.42 Å². The zero-order chi connectivity index (χ0) is 14.5. The summed E-state index contributed by atoms with van der Waals surface area (Å²) >= 11 is 3.27. The monoisotopic (exact) mass is 335 g/mol. The summed E-state index contributed by atoms with van der Waals surface area (Å²) < 4.78 is 14.5. The third-order valence-electron chi connectivity index (χ3n) is 3.08. The van der Waals surface area contributed by atoms with E-state index in [0.29, 0.717) is 10.0 Å². The van der Waals surface area contributed by atoms with E-state index in [4.69, 9.17) is 0 Å². The van der Waals surface area contributed by atoms with Gasteiger partial charge in [0.25, 0.3) is 0 Å². The van der Waals surface area contributed by atoms with Crippen LogP contribution in [0, 0.1) is 5.82 Å². The van der Waals surface area contributed by atoms with E-state index in [-0.39, 0.29) is 11.3 Å². The van der Waals surface area contributed by atoms with Crippen LogP contribution in [0.3, 0.4) is 0 Å². The van der Waals surface area contributed by atoms with Gasteiger partial charge >= 0.3 is 0 Å². The zero-order valence-electron chi connectivity index (χ0n) is 11.1. The van der Waals surface area contributed by atoms with Gasteiger partial charge in [0.15, 0.2) is 5.78 Å². The van der Waals surface area contributed by atoms with Gasteiger partial charge in [0, 0.05) is 10.0 Å². The highest BCUT2D eigenvalue weighted by Crippen LogP contribution is 2.21. The lowest BCUT2D eigenvalue weighted by molar-refractivity contribution is 0.103. The SMILES string of the molecule is CNCCc1ccccc1C(=O)c1cc(Br)ccc1F. The number of rotatable bonds is 5. The summed E-state index contributed by atoms with van der Waals surface area (Å²) in [5.41, 5.74) is 1.57. The number of ketones is 1.